The molecule has 2 rings (SSSR count). The summed E-state index contributed by atoms with van der Waals surface area (Å²) in [7, 11) is 5.11. The van der Waals surface area contributed by atoms with Crippen molar-refractivity contribution in [1.29, 1.82) is 0 Å². The van der Waals surface area contributed by atoms with Crippen molar-refractivity contribution in [2.75, 3.05) is 26.6 Å². The molecule has 0 aliphatic heterocycles. The second-order valence-electron chi connectivity index (χ2n) is 4.20. The number of rotatable bonds is 5. The second kappa shape index (κ2) is 6.23. The van der Waals surface area contributed by atoms with E-state index in [1.165, 1.54) is 0 Å². The lowest BCUT2D eigenvalue weighted by atomic mass is 10.1. The second-order valence-corrected chi connectivity index (χ2v) is 4.20. The van der Waals surface area contributed by atoms with Crippen LogP contribution in [0.5, 0.6) is 11.5 Å². The number of aryl methyl sites for hydroxylation is 1. The van der Waals surface area contributed by atoms with Crippen molar-refractivity contribution in [3.63, 3.8) is 0 Å². The molecule has 0 fully saturated rings. The van der Waals surface area contributed by atoms with Crippen LogP contribution in [0.15, 0.2) is 24.3 Å². The molecule has 0 amide bonds. The normalized spacial score (nSPS) is 10.2. The molecule has 5 nitrogen and oxygen atoms in total. The van der Waals surface area contributed by atoms with Crippen LogP contribution in [0.2, 0.25) is 0 Å². The highest BCUT2D eigenvalue weighted by molar-refractivity contribution is 5.75. The molecule has 20 heavy (non-hydrogen) atoms. The standard InChI is InChI=1S/C15H19N3O2/c1-5-13-17-10(9-14(16-2)18-13)15-11(19-3)7-6-8-12(15)20-4/h6-9H,5H2,1-4H3,(H,16,17,18). The molecule has 106 valence electrons. The molecule has 0 saturated heterocycles. The Labute approximate surface area is 119 Å². The largest absolute Gasteiger partial charge is 0.496 e. The van der Waals surface area contributed by atoms with Gasteiger partial charge in [-0.25, -0.2) is 9.97 Å². The first-order valence-electron chi connectivity index (χ1n) is 6.50. The first kappa shape index (κ1) is 14.1. The monoisotopic (exact) mass is 273 g/mol. The first-order valence-corrected chi connectivity index (χ1v) is 6.50. The SMILES string of the molecule is CCc1nc(NC)cc(-c2c(OC)cccc2OC)n1. The molecule has 0 spiro atoms. The van der Waals surface area contributed by atoms with Crippen molar-refractivity contribution >= 4 is 5.82 Å². The van der Waals surface area contributed by atoms with Gasteiger partial charge in [0.15, 0.2) is 0 Å². The molecule has 5 heteroatoms. The van der Waals surface area contributed by atoms with Crippen molar-refractivity contribution in [1.82, 2.24) is 9.97 Å². The molecular weight excluding hydrogens is 254 g/mol. The zero-order chi connectivity index (χ0) is 14.5. The van der Waals surface area contributed by atoms with E-state index in [1.54, 1.807) is 14.2 Å². The minimum absolute atomic E-state index is 0.729. The van der Waals surface area contributed by atoms with Crippen LogP contribution in [-0.4, -0.2) is 31.2 Å². The molecule has 1 heterocycles. The number of aromatic nitrogens is 2. The lowest BCUT2D eigenvalue weighted by Crippen LogP contribution is -2.02. The molecule has 0 bridgehead atoms. The van der Waals surface area contributed by atoms with E-state index < -0.39 is 0 Å². The molecule has 0 aliphatic rings. The Balaban J connectivity index is 2.66. The molecule has 1 N–H and O–H groups in total. The maximum Gasteiger partial charge on any atom is 0.132 e. The maximum absolute atomic E-state index is 5.43. The Morgan fingerprint density at radius 1 is 1.10 bits per heavy atom. The summed E-state index contributed by atoms with van der Waals surface area (Å²) in [5.74, 6) is 3.01. The number of benzene rings is 1. The van der Waals surface area contributed by atoms with Gasteiger partial charge in [0, 0.05) is 19.5 Å². The quantitative estimate of drug-likeness (QED) is 0.907. The average molecular weight is 273 g/mol. The van der Waals surface area contributed by atoms with Crippen LogP contribution in [0.25, 0.3) is 11.3 Å². The number of nitrogens with one attached hydrogen (secondary N) is 1. The van der Waals surface area contributed by atoms with Gasteiger partial charge < -0.3 is 14.8 Å². The van der Waals surface area contributed by atoms with Crippen LogP contribution in [0.4, 0.5) is 5.82 Å². The van der Waals surface area contributed by atoms with E-state index in [-0.39, 0.29) is 0 Å². The van der Waals surface area contributed by atoms with E-state index in [1.807, 2.05) is 38.2 Å². The highest BCUT2D eigenvalue weighted by atomic mass is 16.5. The Bertz CT molecular complexity index is 555. The van der Waals surface area contributed by atoms with E-state index in [2.05, 4.69) is 15.3 Å². The smallest absolute Gasteiger partial charge is 0.132 e. The zero-order valence-corrected chi connectivity index (χ0v) is 12.2. The van der Waals surface area contributed by atoms with E-state index in [0.29, 0.717) is 0 Å². The summed E-state index contributed by atoms with van der Waals surface area (Å²) in [6.45, 7) is 2.03. The lowest BCUT2D eigenvalue weighted by Gasteiger charge is -2.14. The van der Waals surface area contributed by atoms with Crippen molar-refractivity contribution in [3.05, 3.63) is 30.1 Å². The third-order valence-electron chi connectivity index (χ3n) is 3.03. The van der Waals surface area contributed by atoms with Crippen LogP contribution in [0.1, 0.15) is 12.7 Å². The predicted molar refractivity (Wildman–Crippen MR) is 79.5 cm³/mol. The Hall–Kier alpha value is -2.30. The topological polar surface area (TPSA) is 56.3 Å². The summed E-state index contributed by atoms with van der Waals surface area (Å²) in [5.41, 5.74) is 1.63. The third-order valence-corrected chi connectivity index (χ3v) is 3.03. The fourth-order valence-corrected chi connectivity index (χ4v) is 2.02. The number of nitrogens with zero attached hydrogens (tertiary/aromatic N) is 2. The van der Waals surface area contributed by atoms with Crippen molar-refractivity contribution in [3.8, 4) is 22.8 Å². The Morgan fingerprint density at radius 2 is 1.75 bits per heavy atom. The molecule has 0 unspecified atom stereocenters. The summed E-state index contributed by atoms with van der Waals surface area (Å²) >= 11 is 0. The Morgan fingerprint density at radius 3 is 2.25 bits per heavy atom. The van der Waals surface area contributed by atoms with Gasteiger partial charge in [0.25, 0.3) is 0 Å². The lowest BCUT2D eigenvalue weighted by molar-refractivity contribution is 0.397. The van der Waals surface area contributed by atoms with Gasteiger partial charge in [0.2, 0.25) is 0 Å². The van der Waals surface area contributed by atoms with Crippen LogP contribution in [-0.2, 0) is 6.42 Å². The molecular formula is C15H19N3O2. The summed E-state index contributed by atoms with van der Waals surface area (Å²) in [4.78, 5) is 8.98. The van der Waals surface area contributed by atoms with Crippen molar-refractivity contribution in [2.45, 2.75) is 13.3 Å². The summed E-state index contributed by atoms with van der Waals surface area (Å²) in [6.07, 6.45) is 0.764. The van der Waals surface area contributed by atoms with Gasteiger partial charge in [-0.15, -0.1) is 0 Å². The Kier molecular flexibility index (Phi) is 4.40. The molecule has 0 saturated carbocycles. The van der Waals surface area contributed by atoms with Crippen LogP contribution in [0.3, 0.4) is 0 Å². The number of ether oxygens (including phenoxy) is 2. The van der Waals surface area contributed by atoms with Gasteiger partial charge in [-0.05, 0) is 12.1 Å². The minimum Gasteiger partial charge on any atom is -0.496 e. The average Bonchev–Trinajstić information content (AvgIpc) is 2.53. The molecule has 2 aromatic rings. The van der Waals surface area contributed by atoms with E-state index in [0.717, 1.165) is 40.8 Å². The van der Waals surface area contributed by atoms with Gasteiger partial charge in [0.05, 0.1) is 25.5 Å². The fraction of sp³-hybridized carbons (Fsp3) is 0.333. The number of anilines is 1. The van der Waals surface area contributed by atoms with Crippen molar-refractivity contribution in [2.24, 2.45) is 0 Å². The molecule has 1 aromatic heterocycles. The summed E-state index contributed by atoms with van der Waals surface area (Å²) in [6, 6.07) is 7.57. The molecule has 1 aromatic carbocycles. The zero-order valence-electron chi connectivity index (χ0n) is 12.2. The van der Waals surface area contributed by atoms with Gasteiger partial charge in [-0.2, -0.15) is 0 Å². The number of hydrogen-bond acceptors (Lipinski definition) is 5. The first-order chi connectivity index (χ1) is 9.73. The van der Waals surface area contributed by atoms with Crippen molar-refractivity contribution < 1.29 is 9.47 Å². The molecule has 0 radical (unpaired) electrons. The van der Waals surface area contributed by atoms with Gasteiger partial charge in [-0.1, -0.05) is 13.0 Å². The third kappa shape index (κ3) is 2.66. The van der Waals surface area contributed by atoms with Crippen LogP contribution < -0.4 is 14.8 Å². The van der Waals surface area contributed by atoms with E-state index in [9.17, 15) is 0 Å². The van der Waals surface area contributed by atoms with E-state index in [4.69, 9.17) is 9.47 Å². The maximum atomic E-state index is 5.43. The van der Waals surface area contributed by atoms with E-state index >= 15 is 0 Å². The van der Waals surface area contributed by atoms with Crippen LogP contribution in [0, 0.1) is 0 Å². The van der Waals surface area contributed by atoms with Gasteiger partial charge in [-0.3, -0.25) is 0 Å². The summed E-state index contributed by atoms with van der Waals surface area (Å²) < 4.78 is 10.9. The number of hydrogen-bond donors (Lipinski definition) is 1. The molecule has 0 aliphatic carbocycles. The van der Waals surface area contributed by atoms with Crippen LogP contribution >= 0.6 is 0 Å². The highest BCUT2D eigenvalue weighted by Gasteiger charge is 2.15. The summed E-state index contributed by atoms with van der Waals surface area (Å²) in [5, 5.41) is 3.05. The van der Waals surface area contributed by atoms with Gasteiger partial charge >= 0.3 is 0 Å². The fourth-order valence-electron chi connectivity index (χ4n) is 2.02. The minimum atomic E-state index is 0.729. The molecule has 0 atom stereocenters. The number of methoxy groups -OCH3 is 2. The highest BCUT2D eigenvalue weighted by Crippen LogP contribution is 2.37. The van der Waals surface area contributed by atoms with Gasteiger partial charge in [0.1, 0.15) is 23.1 Å². The predicted octanol–water partition coefficient (Wildman–Crippen LogP) is 2.76.